The molecule has 9 nitrogen and oxygen atoms in total. The number of hydrogen-bond donors (Lipinski definition) is 3. The number of carbonyl (C=O) groups is 2. The van der Waals surface area contributed by atoms with Crippen molar-refractivity contribution in [2.45, 2.75) is 31.6 Å². The van der Waals surface area contributed by atoms with Gasteiger partial charge in [-0.25, -0.2) is 0 Å². The van der Waals surface area contributed by atoms with Crippen molar-refractivity contribution in [1.29, 1.82) is 0 Å². The lowest BCUT2D eigenvalue weighted by Gasteiger charge is -2.29. The predicted molar refractivity (Wildman–Crippen MR) is 109 cm³/mol. The number of piperidine rings is 1. The van der Waals surface area contributed by atoms with Crippen LogP contribution in [-0.2, 0) is 9.59 Å². The Morgan fingerprint density at radius 2 is 2.03 bits per heavy atom. The molecule has 0 unspecified atom stereocenters. The summed E-state index contributed by atoms with van der Waals surface area (Å²) in [4.78, 5) is 47.2. The first-order valence-electron chi connectivity index (χ1n) is 9.69. The second-order valence-corrected chi connectivity index (χ2v) is 7.23. The van der Waals surface area contributed by atoms with E-state index >= 15 is 0 Å². The Hall–Kier alpha value is -3.36. The molecule has 1 saturated heterocycles. The largest absolute Gasteiger partial charge is 0.497 e. The number of hydrogen-bond acceptors (Lipinski definition) is 6. The summed E-state index contributed by atoms with van der Waals surface area (Å²) in [6, 6.07) is 6.89. The molecule has 2 amide bonds. The number of fused-ring (bicyclic) bond motifs is 1. The minimum atomic E-state index is -0.920. The summed E-state index contributed by atoms with van der Waals surface area (Å²) >= 11 is 0. The number of nitrogens with zero attached hydrogens (tertiary/aromatic N) is 2. The molecule has 0 bridgehead atoms. The summed E-state index contributed by atoms with van der Waals surface area (Å²) in [5, 5.41) is 5.41. The standard InChI is InChI=1S/C20H23N5O4/c1-29-13-7-5-6-12(10-13)21-18(27)14-11-15(26)22-17-16(14)19(28)24-20(23-17)25-8-3-2-4-9-25/h5-7,10,14H,2-4,8-9,11H2,1H3,(H,21,27)(H2,22,23,24,26,28)/t14-/m1/s1. The number of rotatable bonds is 4. The van der Waals surface area contributed by atoms with Gasteiger partial charge in [0.1, 0.15) is 11.6 Å². The van der Waals surface area contributed by atoms with Crippen LogP contribution in [0.4, 0.5) is 17.5 Å². The average molecular weight is 397 g/mol. The van der Waals surface area contributed by atoms with Gasteiger partial charge in [-0.3, -0.25) is 19.4 Å². The first kappa shape index (κ1) is 19.0. The molecule has 0 saturated carbocycles. The van der Waals surface area contributed by atoms with Crippen LogP contribution in [0.3, 0.4) is 0 Å². The summed E-state index contributed by atoms with van der Waals surface area (Å²) in [5.41, 5.74) is 0.309. The molecule has 4 rings (SSSR count). The molecule has 2 aromatic rings. The fourth-order valence-electron chi connectivity index (χ4n) is 3.77. The number of aromatic amines is 1. The summed E-state index contributed by atoms with van der Waals surface area (Å²) in [7, 11) is 1.54. The van der Waals surface area contributed by atoms with Crippen molar-refractivity contribution in [3.63, 3.8) is 0 Å². The Morgan fingerprint density at radius 3 is 2.79 bits per heavy atom. The second-order valence-electron chi connectivity index (χ2n) is 7.23. The molecule has 2 aliphatic rings. The summed E-state index contributed by atoms with van der Waals surface area (Å²) < 4.78 is 5.16. The van der Waals surface area contributed by atoms with Gasteiger partial charge in [-0.05, 0) is 31.4 Å². The van der Waals surface area contributed by atoms with Gasteiger partial charge in [-0.2, -0.15) is 4.98 Å². The number of aromatic nitrogens is 2. The number of ether oxygens (including phenoxy) is 1. The molecule has 3 N–H and O–H groups in total. The first-order valence-corrected chi connectivity index (χ1v) is 9.69. The Balaban J connectivity index is 1.63. The number of benzene rings is 1. The number of methoxy groups -OCH3 is 1. The van der Waals surface area contributed by atoms with Gasteiger partial charge in [0.15, 0.2) is 0 Å². The van der Waals surface area contributed by atoms with Crippen LogP contribution in [0.1, 0.15) is 37.2 Å². The molecule has 1 fully saturated rings. The Bertz CT molecular complexity index is 997. The second kappa shape index (κ2) is 7.94. The quantitative estimate of drug-likeness (QED) is 0.725. The van der Waals surface area contributed by atoms with Crippen LogP contribution in [0.2, 0.25) is 0 Å². The molecule has 0 radical (unpaired) electrons. The van der Waals surface area contributed by atoms with E-state index in [1.54, 1.807) is 24.3 Å². The average Bonchev–Trinajstić information content (AvgIpc) is 2.73. The molecule has 0 spiro atoms. The topological polar surface area (TPSA) is 116 Å². The minimum absolute atomic E-state index is 0.114. The highest BCUT2D eigenvalue weighted by molar-refractivity contribution is 6.04. The van der Waals surface area contributed by atoms with E-state index < -0.39 is 17.4 Å². The highest BCUT2D eigenvalue weighted by Crippen LogP contribution is 2.31. The van der Waals surface area contributed by atoms with Gasteiger partial charge in [0.25, 0.3) is 5.56 Å². The summed E-state index contributed by atoms with van der Waals surface area (Å²) in [6.07, 6.45) is 3.09. The number of amides is 2. The third-order valence-corrected chi connectivity index (χ3v) is 5.25. The fraction of sp³-hybridized carbons (Fsp3) is 0.400. The van der Waals surface area contributed by atoms with Crippen LogP contribution in [0.25, 0.3) is 0 Å². The molecule has 2 aliphatic heterocycles. The maximum atomic E-state index is 12.9. The zero-order valence-corrected chi connectivity index (χ0v) is 16.2. The van der Waals surface area contributed by atoms with Gasteiger partial charge in [0.2, 0.25) is 17.8 Å². The van der Waals surface area contributed by atoms with Crippen LogP contribution in [-0.4, -0.2) is 42.0 Å². The Kier molecular flexibility index (Phi) is 5.20. The van der Waals surface area contributed by atoms with Crippen molar-refractivity contribution < 1.29 is 14.3 Å². The molecular weight excluding hydrogens is 374 g/mol. The number of carbonyl (C=O) groups excluding carboxylic acids is 2. The van der Waals surface area contributed by atoms with Gasteiger partial charge < -0.3 is 20.3 Å². The fourth-order valence-corrected chi connectivity index (χ4v) is 3.77. The van der Waals surface area contributed by atoms with E-state index in [0.29, 0.717) is 17.4 Å². The van der Waals surface area contributed by atoms with E-state index in [1.807, 2.05) is 4.90 Å². The molecule has 152 valence electrons. The highest BCUT2D eigenvalue weighted by atomic mass is 16.5. The van der Waals surface area contributed by atoms with Gasteiger partial charge in [-0.15, -0.1) is 0 Å². The van der Waals surface area contributed by atoms with Crippen LogP contribution in [0.15, 0.2) is 29.1 Å². The third kappa shape index (κ3) is 3.94. The van der Waals surface area contributed by atoms with Crippen molar-refractivity contribution in [1.82, 2.24) is 9.97 Å². The number of H-pyrrole nitrogens is 1. The Labute approximate surface area is 167 Å². The van der Waals surface area contributed by atoms with Crippen LogP contribution in [0.5, 0.6) is 5.75 Å². The van der Waals surface area contributed by atoms with E-state index in [4.69, 9.17) is 4.74 Å². The van der Waals surface area contributed by atoms with Gasteiger partial charge >= 0.3 is 0 Å². The van der Waals surface area contributed by atoms with E-state index in [9.17, 15) is 14.4 Å². The van der Waals surface area contributed by atoms with Gasteiger partial charge in [0, 0.05) is 31.3 Å². The lowest BCUT2D eigenvalue weighted by atomic mass is 9.92. The lowest BCUT2D eigenvalue weighted by molar-refractivity contribution is -0.123. The smallest absolute Gasteiger partial charge is 0.258 e. The van der Waals surface area contributed by atoms with Crippen LogP contribution in [0, 0.1) is 0 Å². The van der Waals surface area contributed by atoms with Crippen molar-refractivity contribution in [2.24, 2.45) is 0 Å². The molecule has 1 aromatic heterocycles. The van der Waals surface area contributed by atoms with Crippen LogP contribution < -0.4 is 25.8 Å². The van der Waals surface area contributed by atoms with Crippen molar-refractivity contribution in [2.75, 3.05) is 35.7 Å². The predicted octanol–water partition coefficient (Wildman–Crippen LogP) is 1.83. The molecule has 29 heavy (non-hydrogen) atoms. The third-order valence-electron chi connectivity index (χ3n) is 5.25. The van der Waals surface area contributed by atoms with Crippen molar-refractivity contribution >= 4 is 29.3 Å². The van der Waals surface area contributed by atoms with Gasteiger partial charge in [0.05, 0.1) is 18.6 Å². The number of nitrogens with one attached hydrogen (secondary N) is 3. The number of anilines is 3. The maximum absolute atomic E-state index is 12.9. The lowest BCUT2D eigenvalue weighted by Crippen LogP contribution is -2.38. The van der Waals surface area contributed by atoms with Crippen molar-refractivity contribution in [3.8, 4) is 5.75 Å². The Morgan fingerprint density at radius 1 is 1.24 bits per heavy atom. The molecule has 1 aromatic carbocycles. The normalized spacial score (nSPS) is 18.6. The van der Waals surface area contributed by atoms with E-state index in [2.05, 4.69) is 20.6 Å². The minimum Gasteiger partial charge on any atom is -0.497 e. The summed E-state index contributed by atoms with van der Waals surface area (Å²) in [5.74, 6) is -0.510. The molecule has 0 aliphatic carbocycles. The molecule has 1 atom stereocenters. The maximum Gasteiger partial charge on any atom is 0.258 e. The summed E-state index contributed by atoms with van der Waals surface area (Å²) in [6.45, 7) is 1.60. The van der Waals surface area contributed by atoms with E-state index in [0.717, 1.165) is 32.4 Å². The van der Waals surface area contributed by atoms with Gasteiger partial charge in [-0.1, -0.05) is 6.07 Å². The van der Waals surface area contributed by atoms with Crippen LogP contribution >= 0.6 is 0 Å². The molecular formula is C20H23N5O4. The zero-order chi connectivity index (χ0) is 20.4. The molecule has 3 heterocycles. The van der Waals surface area contributed by atoms with E-state index in [-0.39, 0.29) is 23.7 Å². The van der Waals surface area contributed by atoms with E-state index in [1.165, 1.54) is 7.11 Å². The van der Waals surface area contributed by atoms with Crippen molar-refractivity contribution in [3.05, 3.63) is 40.2 Å². The highest BCUT2D eigenvalue weighted by Gasteiger charge is 2.35. The first-order chi connectivity index (χ1) is 14.0. The molecule has 9 heteroatoms. The zero-order valence-electron chi connectivity index (χ0n) is 16.2. The monoisotopic (exact) mass is 397 g/mol. The SMILES string of the molecule is COc1cccc(NC(=O)[C@@H]2CC(=O)Nc3nc(N4CCCCC4)[nH]c(=O)c32)c1.